The summed E-state index contributed by atoms with van der Waals surface area (Å²) >= 11 is 0. The van der Waals surface area contributed by atoms with Crippen molar-refractivity contribution in [1.29, 1.82) is 0 Å². The molecule has 2 aromatic rings. The number of nitrogens with two attached hydrogens (primary N) is 1. The van der Waals surface area contributed by atoms with Crippen LogP contribution in [-0.2, 0) is 13.0 Å². The Hall–Kier alpha value is -1.61. The largest absolute Gasteiger partial charge is 0.323 e. The Morgan fingerprint density at radius 1 is 1.21 bits per heavy atom. The molecular formula is C16H23N3. The summed E-state index contributed by atoms with van der Waals surface area (Å²) in [5.41, 5.74) is 10.1. The second-order valence-electron chi connectivity index (χ2n) is 5.11. The van der Waals surface area contributed by atoms with Gasteiger partial charge in [0.05, 0.1) is 5.69 Å². The van der Waals surface area contributed by atoms with Crippen LogP contribution in [0.4, 0.5) is 0 Å². The van der Waals surface area contributed by atoms with Crippen LogP contribution in [-0.4, -0.2) is 9.78 Å². The minimum atomic E-state index is 0.0651. The topological polar surface area (TPSA) is 43.8 Å². The molecule has 2 N–H and O–H groups in total. The number of nitrogens with zero attached hydrogens (tertiary/aromatic N) is 2. The fourth-order valence-electron chi connectivity index (χ4n) is 2.28. The van der Waals surface area contributed by atoms with Crippen molar-refractivity contribution in [3.05, 3.63) is 53.3 Å². The number of aromatic nitrogens is 2. The highest BCUT2D eigenvalue weighted by molar-refractivity contribution is 5.21. The van der Waals surface area contributed by atoms with Crippen LogP contribution in [0.1, 0.15) is 42.6 Å². The lowest BCUT2D eigenvalue weighted by Crippen LogP contribution is -2.17. The summed E-state index contributed by atoms with van der Waals surface area (Å²) in [6.07, 6.45) is 4.90. The van der Waals surface area contributed by atoms with Gasteiger partial charge in [0, 0.05) is 18.8 Å². The average Bonchev–Trinajstić information content (AvgIpc) is 2.86. The molecule has 3 nitrogen and oxygen atoms in total. The van der Waals surface area contributed by atoms with E-state index in [4.69, 9.17) is 5.73 Å². The van der Waals surface area contributed by atoms with Crippen molar-refractivity contribution in [2.45, 2.75) is 45.7 Å². The number of hydrogen-bond acceptors (Lipinski definition) is 2. The Kier molecular flexibility index (Phi) is 4.74. The van der Waals surface area contributed by atoms with Gasteiger partial charge in [-0.15, -0.1) is 0 Å². The van der Waals surface area contributed by atoms with E-state index in [0.29, 0.717) is 0 Å². The summed E-state index contributed by atoms with van der Waals surface area (Å²) in [6.45, 7) is 5.21. The van der Waals surface area contributed by atoms with E-state index in [0.717, 1.165) is 31.5 Å². The van der Waals surface area contributed by atoms with Gasteiger partial charge >= 0.3 is 0 Å². The van der Waals surface area contributed by atoms with E-state index in [2.05, 4.69) is 43.2 Å². The van der Waals surface area contributed by atoms with Crippen LogP contribution in [0.25, 0.3) is 0 Å². The molecule has 0 fully saturated rings. The first-order valence-corrected chi connectivity index (χ1v) is 7.03. The van der Waals surface area contributed by atoms with Crippen molar-refractivity contribution in [1.82, 2.24) is 9.78 Å². The van der Waals surface area contributed by atoms with Crippen molar-refractivity contribution in [2.24, 2.45) is 5.73 Å². The van der Waals surface area contributed by atoms with Crippen molar-refractivity contribution < 1.29 is 0 Å². The van der Waals surface area contributed by atoms with Crippen LogP contribution in [0, 0.1) is 6.92 Å². The third kappa shape index (κ3) is 3.67. The predicted molar refractivity (Wildman–Crippen MR) is 78.9 cm³/mol. The van der Waals surface area contributed by atoms with Crippen LogP contribution in [0.3, 0.4) is 0 Å². The minimum Gasteiger partial charge on any atom is -0.323 e. The molecule has 0 saturated heterocycles. The Balaban J connectivity index is 1.95. The Morgan fingerprint density at radius 2 is 1.95 bits per heavy atom. The first-order chi connectivity index (χ1) is 9.20. The molecule has 0 amide bonds. The molecule has 102 valence electrons. The van der Waals surface area contributed by atoms with E-state index in [1.807, 2.05) is 16.9 Å². The molecular weight excluding hydrogens is 234 g/mol. The van der Waals surface area contributed by atoms with Crippen LogP contribution >= 0.6 is 0 Å². The molecule has 1 aromatic carbocycles. The average molecular weight is 257 g/mol. The first-order valence-electron chi connectivity index (χ1n) is 7.03. The number of rotatable bonds is 6. The summed E-state index contributed by atoms with van der Waals surface area (Å²) in [5, 5.41) is 4.33. The van der Waals surface area contributed by atoms with Crippen molar-refractivity contribution in [2.75, 3.05) is 0 Å². The van der Waals surface area contributed by atoms with Gasteiger partial charge in [-0.3, -0.25) is 4.68 Å². The smallest absolute Gasteiger partial charge is 0.0551 e. The van der Waals surface area contributed by atoms with E-state index in [1.54, 1.807) is 0 Å². The zero-order chi connectivity index (χ0) is 13.7. The first kappa shape index (κ1) is 13.8. The predicted octanol–water partition coefficient (Wildman–Crippen LogP) is 3.23. The Morgan fingerprint density at radius 3 is 2.63 bits per heavy atom. The van der Waals surface area contributed by atoms with E-state index >= 15 is 0 Å². The number of benzene rings is 1. The van der Waals surface area contributed by atoms with Gasteiger partial charge in [-0.25, -0.2) is 0 Å². The Labute approximate surface area is 115 Å². The summed E-state index contributed by atoms with van der Waals surface area (Å²) in [5.74, 6) is 0. The summed E-state index contributed by atoms with van der Waals surface area (Å²) < 4.78 is 2.03. The van der Waals surface area contributed by atoms with Gasteiger partial charge in [0.15, 0.2) is 0 Å². The van der Waals surface area contributed by atoms with E-state index in [1.165, 1.54) is 11.1 Å². The van der Waals surface area contributed by atoms with Crippen molar-refractivity contribution in [3.63, 3.8) is 0 Å². The van der Waals surface area contributed by atoms with Crippen LogP contribution in [0.15, 0.2) is 36.5 Å². The molecule has 0 bridgehead atoms. The van der Waals surface area contributed by atoms with Gasteiger partial charge in [-0.05, 0) is 37.8 Å². The molecule has 1 aromatic heterocycles. The highest BCUT2D eigenvalue weighted by atomic mass is 15.3. The molecule has 0 aliphatic carbocycles. The molecule has 3 heteroatoms. The molecule has 2 rings (SSSR count). The highest BCUT2D eigenvalue weighted by Crippen LogP contribution is 2.17. The second kappa shape index (κ2) is 6.53. The molecule has 0 radical (unpaired) electrons. The molecule has 1 unspecified atom stereocenters. The summed E-state index contributed by atoms with van der Waals surface area (Å²) in [4.78, 5) is 0. The molecule has 0 saturated carbocycles. The lowest BCUT2D eigenvalue weighted by atomic mass is 10.0. The third-order valence-electron chi connectivity index (χ3n) is 3.43. The normalized spacial score (nSPS) is 12.6. The van der Waals surface area contributed by atoms with E-state index in [9.17, 15) is 0 Å². The second-order valence-corrected chi connectivity index (χ2v) is 5.11. The monoisotopic (exact) mass is 257 g/mol. The fourth-order valence-corrected chi connectivity index (χ4v) is 2.28. The molecule has 0 aliphatic rings. The summed E-state index contributed by atoms with van der Waals surface area (Å²) in [6, 6.07) is 10.8. The third-order valence-corrected chi connectivity index (χ3v) is 3.43. The van der Waals surface area contributed by atoms with E-state index in [-0.39, 0.29) is 6.04 Å². The van der Waals surface area contributed by atoms with Crippen molar-refractivity contribution >= 4 is 0 Å². The fraction of sp³-hybridized carbons (Fsp3) is 0.438. The lowest BCUT2D eigenvalue weighted by molar-refractivity contribution is 0.523. The van der Waals surface area contributed by atoms with Gasteiger partial charge in [0.2, 0.25) is 0 Å². The maximum Gasteiger partial charge on any atom is 0.0551 e. The summed E-state index contributed by atoms with van der Waals surface area (Å²) in [7, 11) is 0. The Bertz CT molecular complexity index is 499. The molecule has 1 atom stereocenters. The maximum absolute atomic E-state index is 6.29. The minimum absolute atomic E-state index is 0.0651. The van der Waals surface area contributed by atoms with Gasteiger partial charge < -0.3 is 5.73 Å². The van der Waals surface area contributed by atoms with E-state index < -0.39 is 0 Å². The van der Waals surface area contributed by atoms with Crippen LogP contribution in [0.5, 0.6) is 0 Å². The zero-order valence-electron chi connectivity index (χ0n) is 11.8. The number of aryl methyl sites for hydroxylation is 3. The van der Waals surface area contributed by atoms with Gasteiger partial charge in [0.25, 0.3) is 0 Å². The molecule has 19 heavy (non-hydrogen) atoms. The van der Waals surface area contributed by atoms with Gasteiger partial charge in [-0.2, -0.15) is 5.10 Å². The maximum atomic E-state index is 6.29. The van der Waals surface area contributed by atoms with Crippen LogP contribution in [0.2, 0.25) is 0 Å². The van der Waals surface area contributed by atoms with Gasteiger partial charge in [-0.1, -0.05) is 36.8 Å². The SMILES string of the molecule is CCCn1nccc1C(N)CCc1ccc(C)cc1. The lowest BCUT2D eigenvalue weighted by Gasteiger charge is -2.14. The molecule has 0 aliphatic heterocycles. The highest BCUT2D eigenvalue weighted by Gasteiger charge is 2.11. The van der Waals surface area contributed by atoms with Crippen LogP contribution < -0.4 is 5.73 Å². The molecule has 1 heterocycles. The van der Waals surface area contributed by atoms with Crippen molar-refractivity contribution in [3.8, 4) is 0 Å². The quantitative estimate of drug-likeness (QED) is 0.863. The van der Waals surface area contributed by atoms with Gasteiger partial charge in [0.1, 0.15) is 0 Å². The standard InChI is InChI=1S/C16H23N3/c1-3-12-19-16(10-11-18-19)15(17)9-8-14-6-4-13(2)5-7-14/h4-7,10-11,15H,3,8-9,12,17H2,1-2H3. The zero-order valence-corrected chi connectivity index (χ0v) is 11.8. The number of hydrogen-bond donors (Lipinski definition) is 1. The molecule has 0 spiro atoms.